The monoisotopic (exact) mass is 254 g/mol. The molecule has 0 aliphatic heterocycles. The third-order valence-electron chi connectivity index (χ3n) is 2.88. The molecule has 94 valence electrons. The Morgan fingerprint density at radius 3 is 2.58 bits per heavy atom. The number of hydrogen-bond donors (Lipinski definition) is 2. The van der Waals surface area contributed by atoms with Crippen LogP contribution in [-0.4, -0.2) is 15.2 Å². The van der Waals surface area contributed by atoms with E-state index in [-0.39, 0.29) is 5.82 Å². The summed E-state index contributed by atoms with van der Waals surface area (Å²) in [6, 6.07) is 9.97. The van der Waals surface area contributed by atoms with Crippen LogP contribution in [0.15, 0.2) is 48.8 Å². The van der Waals surface area contributed by atoms with E-state index in [0.717, 1.165) is 11.1 Å². The fourth-order valence-electron chi connectivity index (χ4n) is 2.02. The van der Waals surface area contributed by atoms with Gasteiger partial charge < -0.3 is 5.73 Å². The highest BCUT2D eigenvalue weighted by Crippen LogP contribution is 2.34. The second kappa shape index (κ2) is 4.53. The molecule has 3 aromatic rings. The molecular formula is C14H11FN4. The molecule has 0 bridgehead atoms. The molecule has 0 fully saturated rings. The molecule has 2 aromatic heterocycles. The summed E-state index contributed by atoms with van der Waals surface area (Å²) >= 11 is 0. The number of benzene rings is 1. The summed E-state index contributed by atoms with van der Waals surface area (Å²) in [5.41, 5.74) is 8.94. The van der Waals surface area contributed by atoms with Crippen molar-refractivity contribution in [2.75, 3.05) is 5.73 Å². The molecule has 5 heteroatoms. The fourth-order valence-corrected chi connectivity index (χ4v) is 2.02. The number of pyridine rings is 1. The summed E-state index contributed by atoms with van der Waals surface area (Å²) in [5, 5.41) is 6.86. The Kier molecular flexibility index (Phi) is 2.72. The first kappa shape index (κ1) is 11.4. The Morgan fingerprint density at radius 2 is 1.84 bits per heavy atom. The minimum atomic E-state index is -0.300. The number of halogens is 1. The van der Waals surface area contributed by atoms with Crippen LogP contribution in [0.5, 0.6) is 0 Å². The highest BCUT2D eigenvalue weighted by atomic mass is 19.1. The zero-order valence-corrected chi connectivity index (χ0v) is 9.97. The van der Waals surface area contributed by atoms with Crippen LogP contribution >= 0.6 is 0 Å². The number of aromatic amines is 1. The van der Waals surface area contributed by atoms with Crippen LogP contribution in [-0.2, 0) is 0 Å². The summed E-state index contributed by atoms with van der Waals surface area (Å²) in [6.45, 7) is 0. The van der Waals surface area contributed by atoms with Crippen LogP contribution in [0.4, 0.5) is 10.2 Å². The Labute approximate surface area is 109 Å². The van der Waals surface area contributed by atoms with Crippen molar-refractivity contribution in [3.8, 4) is 22.4 Å². The van der Waals surface area contributed by atoms with Gasteiger partial charge >= 0.3 is 0 Å². The van der Waals surface area contributed by atoms with Crippen LogP contribution in [0.25, 0.3) is 22.4 Å². The maximum Gasteiger partial charge on any atom is 0.153 e. The molecule has 0 amide bonds. The molecule has 0 unspecified atom stereocenters. The van der Waals surface area contributed by atoms with Gasteiger partial charge in [-0.2, -0.15) is 5.10 Å². The lowest BCUT2D eigenvalue weighted by Crippen LogP contribution is -1.89. The molecule has 3 N–H and O–H groups in total. The molecule has 1 aromatic carbocycles. The van der Waals surface area contributed by atoms with Crippen LogP contribution < -0.4 is 5.73 Å². The van der Waals surface area contributed by atoms with Crippen LogP contribution in [0.1, 0.15) is 0 Å². The molecule has 0 atom stereocenters. The minimum Gasteiger partial charge on any atom is -0.382 e. The smallest absolute Gasteiger partial charge is 0.153 e. The van der Waals surface area contributed by atoms with E-state index >= 15 is 0 Å². The zero-order valence-electron chi connectivity index (χ0n) is 9.97. The number of anilines is 1. The molecule has 4 nitrogen and oxygen atoms in total. The lowest BCUT2D eigenvalue weighted by atomic mass is 10.0. The normalized spacial score (nSPS) is 10.6. The molecule has 0 saturated heterocycles. The van der Waals surface area contributed by atoms with E-state index in [1.807, 2.05) is 12.1 Å². The first-order valence-electron chi connectivity index (χ1n) is 5.76. The number of nitrogens with two attached hydrogens (primary N) is 1. The van der Waals surface area contributed by atoms with E-state index in [9.17, 15) is 4.39 Å². The number of nitrogens with one attached hydrogen (secondary N) is 1. The molecule has 0 aliphatic carbocycles. The molecular weight excluding hydrogens is 243 g/mol. The lowest BCUT2D eigenvalue weighted by molar-refractivity contribution is 0.628. The molecule has 2 heterocycles. The molecule has 0 radical (unpaired) electrons. The summed E-state index contributed by atoms with van der Waals surface area (Å²) < 4.78 is 13.3. The van der Waals surface area contributed by atoms with E-state index in [2.05, 4.69) is 15.2 Å². The first-order valence-corrected chi connectivity index (χ1v) is 5.76. The van der Waals surface area contributed by atoms with Gasteiger partial charge in [-0.1, -0.05) is 12.1 Å². The third kappa shape index (κ3) is 2.06. The van der Waals surface area contributed by atoms with Crippen molar-refractivity contribution in [1.29, 1.82) is 0 Å². The second-order valence-electron chi connectivity index (χ2n) is 4.11. The van der Waals surface area contributed by atoms with E-state index in [1.54, 1.807) is 24.5 Å². The molecule has 0 spiro atoms. The molecule has 0 aliphatic rings. The largest absolute Gasteiger partial charge is 0.382 e. The van der Waals surface area contributed by atoms with E-state index in [4.69, 9.17) is 5.73 Å². The van der Waals surface area contributed by atoms with Gasteiger partial charge in [0.25, 0.3) is 0 Å². The van der Waals surface area contributed by atoms with Gasteiger partial charge in [0.1, 0.15) is 5.82 Å². The van der Waals surface area contributed by atoms with Gasteiger partial charge in [0.15, 0.2) is 5.82 Å². The number of nitrogen functional groups attached to an aromatic ring is 1. The van der Waals surface area contributed by atoms with E-state index < -0.39 is 0 Å². The highest BCUT2D eigenvalue weighted by molar-refractivity contribution is 5.87. The maximum absolute atomic E-state index is 13.3. The van der Waals surface area contributed by atoms with Gasteiger partial charge in [-0.25, -0.2) is 4.39 Å². The molecule has 3 rings (SSSR count). The highest BCUT2D eigenvalue weighted by Gasteiger charge is 2.14. The van der Waals surface area contributed by atoms with Crippen molar-refractivity contribution < 1.29 is 4.39 Å². The van der Waals surface area contributed by atoms with Gasteiger partial charge in [0.2, 0.25) is 0 Å². The van der Waals surface area contributed by atoms with E-state index in [0.29, 0.717) is 17.1 Å². The predicted molar refractivity (Wildman–Crippen MR) is 71.6 cm³/mol. The number of hydrogen-bond acceptors (Lipinski definition) is 3. The standard InChI is InChI=1S/C14H11FN4/c15-11-3-1-2-10(8-11)13-12(14(16)19-18-13)9-4-6-17-7-5-9/h1-8H,(H3,16,18,19). The second-order valence-corrected chi connectivity index (χ2v) is 4.11. The summed E-state index contributed by atoms with van der Waals surface area (Å²) in [4.78, 5) is 3.97. The van der Waals surface area contributed by atoms with Gasteiger partial charge in [-0.05, 0) is 29.8 Å². The number of aromatic nitrogens is 3. The van der Waals surface area contributed by atoms with Crippen LogP contribution in [0.3, 0.4) is 0 Å². The predicted octanol–water partition coefficient (Wildman–Crippen LogP) is 2.86. The number of nitrogens with zero attached hydrogens (tertiary/aromatic N) is 2. The van der Waals surface area contributed by atoms with Crippen molar-refractivity contribution in [3.63, 3.8) is 0 Å². The first-order chi connectivity index (χ1) is 9.25. The molecule has 0 saturated carbocycles. The topological polar surface area (TPSA) is 67.6 Å². The summed E-state index contributed by atoms with van der Waals surface area (Å²) in [7, 11) is 0. The van der Waals surface area contributed by atoms with Crippen LogP contribution in [0, 0.1) is 5.82 Å². The van der Waals surface area contributed by atoms with E-state index in [1.165, 1.54) is 12.1 Å². The van der Waals surface area contributed by atoms with Crippen molar-refractivity contribution >= 4 is 5.82 Å². The quantitative estimate of drug-likeness (QED) is 0.738. The molecule has 19 heavy (non-hydrogen) atoms. The van der Waals surface area contributed by atoms with Crippen molar-refractivity contribution in [2.24, 2.45) is 0 Å². The van der Waals surface area contributed by atoms with Gasteiger partial charge in [-0.15, -0.1) is 0 Å². The van der Waals surface area contributed by atoms with Gasteiger partial charge in [0.05, 0.1) is 11.3 Å². The number of rotatable bonds is 2. The average Bonchev–Trinajstić information content (AvgIpc) is 2.82. The maximum atomic E-state index is 13.3. The van der Waals surface area contributed by atoms with Crippen molar-refractivity contribution in [3.05, 3.63) is 54.6 Å². The Morgan fingerprint density at radius 1 is 1.05 bits per heavy atom. The average molecular weight is 254 g/mol. The zero-order chi connectivity index (χ0) is 13.2. The van der Waals surface area contributed by atoms with Gasteiger partial charge in [0, 0.05) is 18.0 Å². The Balaban J connectivity index is 2.19. The third-order valence-corrected chi connectivity index (χ3v) is 2.88. The van der Waals surface area contributed by atoms with Gasteiger partial charge in [-0.3, -0.25) is 10.1 Å². The summed E-state index contributed by atoms with van der Waals surface area (Å²) in [5.74, 6) is 0.0804. The fraction of sp³-hybridized carbons (Fsp3) is 0. The van der Waals surface area contributed by atoms with Crippen molar-refractivity contribution in [2.45, 2.75) is 0 Å². The number of H-pyrrole nitrogens is 1. The Bertz CT molecular complexity index is 706. The Hall–Kier alpha value is -2.69. The minimum absolute atomic E-state index is 0.300. The summed E-state index contributed by atoms with van der Waals surface area (Å²) in [6.07, 6.45) is 3.36. The van der Waals surface area contributed by atoms with Crippen molar-refractivity contribution in [1.82, 2.24) is 15.2 Å². The van der Waals surface area contributed by atoms with Crippen LogP contribution in [0.2, 0.25) is 0 Å². The lowest BCUT2D eigenvalue weighted by Gasteiger charge is -2.04. The SMILES string of the molecule is Nc1n[nH]c(-c2cccc(F)c2)c1-c1ccncc1.